The molecule has 4 atom stereocenters. The maximum absolute atomic E-state index is 9.64. The molecule has 0 saturated heterocycles. The lowest BCUT2D eigenvalue weighted by molar-refractivity contribution is 0.0780. The molecule has 2 fully saturated rings. The molecule has 4 heteroatoms. The molecule has 0 aliphatic heterocycles. The topological polar surface area (TPSA) is 62.5 Å². The first-order valence-corrected chi connectivity index (χ1v) is 19.0. The fraction of sp³-hybridized carbons (Fsp3) is 0.224. The lowest BCUT2D eigenvalue weighted by atomic mass is 9.54. The van der Waals surface area contributed by atoms with Gasteiger partial charge in [0, 0.05) is 16.7 Å². The lowest BCUT2D eigenvalue weighted by Gasteiger charge is -2.50. The van der Waals surface area contributed by atoms with Gasteiger partial charge >= 0.3 is 0 Å². The van der Waals surface area contributed by atoms with Crippen LogP contribution in [0.5, 0.6) is 0 Å². The van der Waals surface area contributed by atoms with E-state index >= 15 is 0 Å². The number of hydrogen-bond acceptors (Lipinski definition) is 4. The zero-order valence-corrected chi connectivity index (χ0v) is 30.3. The molecule has 53 heavy (non-hydrogen) atoms. The van der Waals surface area contributed by atoms with Crippen molar-refractivity contribution in [1.29, 1.82) is 5.26 Å². The fourth-order valence-electron chi connectivity index (χ4n) is 9.68. The first-order chi connectivity index (χ1) is 25.9. The van der Waals surface area contributed by atoms with E-state index < -0.39 is 0 Å². The van der Waals surface area contributed by atoms with Crippen molar-refractivity contribution >= 4 is 10.8 Å². The summed E-state index contributed by atoms with van der Waals surface area (Å²) in [5.74, 6) is 4.30. The predicted molar refractivity (Wildman–Crippen MR) is 216 cm³/mol. The Morgan fingerprint density at radius 2 is 1.11 bits per heavy atom. The third kappa shape index (κ3) is 6.42. The van der Waals surface area contributed by atoms with Crippen molar-refractivity contribution < 1.29 is 0 Å². The molecule has 258 valence electrons. The molecule has 2 bridgehead atoms. The van der Waals surface area contributed by atoms with Crippen LogP contribution < -0.4 is 0 Å². The molecule has 0 N–H and O–H groups in total. The smallest absolute Gasteiger partial charge is 0.164 e. The number of fused-ring (bicyclic) bond motifs is 3. The Bertz CT molecular complexity index is 2480. The summed E-state index contributed by atoms with van der Waals surface area (Å²) in [4.78, 5) is 15.5. The number of aromatic nitrogens is 3. The fourth-order valence-corrected chi connectivity index (χ4v) is 9.68. The lowest BCUT2D eigenvalue weighted by Crippen LogP contribution is -2.42. The second kappa shape index (κ2) is 13.6. The number of nitrogens with zero attached hydrogens (tertiary/aromatic N) is 4. The molecular weight excluding hydrogens is 645 g/mol. The minimum Gasteiger partial charge on any atom is -0.208 e. The normalized spacial score (nSPS) is 20.9. The van der Waals surface area contributed by atoms with E-state index in [0.29, 0.717) is 23.0 Å². The van der Waals surface area contributed by atoms with Crippen molar-refractivity contribution in [2.75, 3.05) is 0 Å². The standard InChI is InChI=1S/C49H42N4/c1-32-23-35-24-33(2)29-49(28-32,30-35)43-21-19-38(20-22-43)46-51-47(41-14-6-12-39(26-41)36-9-4-3-5-10-36)53-48(52-46)42-15-7-13-40(27-42)44-16-8-11-37-18-17-34(31-50)25-45(37)44/h3-22,25-27,32-33,35H,23-24,28-30H2,1-2H3/t32-,33+,35?,49?. The van der Waals surface area contributed by atoms with Crippen LogP contribution in [0.1, 0.15) is 57.1 Å². The third-order valence-corrected chi connectivity index (χ3v) is 11.7. The molecule has 1 heterocycles. The van der Waals surface area contributed by atoms with Crippen LogP contribution in [0.2, 0.25) is 0 Å². The predicted octanol–water partition coefficient (Wildman–Crippen LogP) is 12.3. The Balaban J connectivity index is 1.15. The molecule has 0 amide bonds. The Morgan fingerprint density at radius 1 is 0.528 bits per heavy atom. The summed E-state index contributed by atoms with van der Waals surface area (Å²) in [6.45, 7) is 4.90. The van der Waals surface area contributed by atoms with Crippen molar-refractivity contribution in [2.24, 2.45) is 17.8 Å². The average Bonchev–Trinajstić information content (AvgIpc) is 3.20. The molecule has 6 aromatic carbocycles. The van der Waals surface area contributed by atoms with Gasteiger partial charge in [0.1, 0.15) is 0 Å². The first-order valence-electron chi connectivity index (χ1n) is 19.0. The highest BCUT2D eigenvalue weighted by molar-refractivity contribution is 5.98. The molecule has 4 nitrogen and oxygen atoms in total. The maximum Gasteiger partial charge on any atom is 0.164 e. The molecule has 7 aromatic rings. The second-order valence-corrected chi connectivity index (χ2v) is 15.7. The molecule has 9 rings (SSSR count). The van der Waals surface area contributed by atoms with E-state index in [4.69, 9.17) is 15.0 Å². The summed E-state index contributed by atoms with van der Waals surface area (Å²) < 4.78 is 0. The van der Waals surface area contributed by atoms with Gasteiger partial charge in [-0.15, -0.1) is 0 Å². The van der Waals surface area contributed by atoms with Crippen LogP contribution in [0.25, 0.3) is 67.2 Å². The van der Waals surface area contributed by atoms with Gasteiger partial charge in [0.05, 0.1) is 11.6 Å². The molecular formula is C49H42N4. The van der Waals surface area contributed by atoms with Gasteiger partial charge in [-0.2, -0.15) is 5.26 Å². The zero-order valence-electron chi connectivity index (χ0n) is 30.3. The Hall–Kier alpha value is -5.92. The summed E-state index contributed by atoms with van der Waals surface area (Å²) in [6.07, 6.45) is 6.60. The van der Waals surface area contributed by atoms with Gasteiger partial charge in [0.25, 0.3) is 0 Å². The number of nitriles is 1. The van der Waals surface area contributed by atoms with Gasteiger partial charge in [0.15, 0.2) is 17.5 Å². The zero-order chi connectivity index (χ0) is 35.9. The van der Waals surface area contributed by atoms with Crippen molar-refractivity contribution in [1.82, 2.24) is 15.0 Å². The van der Waals surface area contributed by atoms with Crippen molar-refractivity contribution in [3.05, 3.63) is 151 Å². The minimum atomic E-state index is 0.266. The van der Waals surface area contributed by atoms with E-state index in [1.54, 1.807) is 0 Å². The van der Waals surface area contributed by atoms with Crippen LogP contribution in [0.4, 0.5) is 0 Å². The highest BCUT2D eigenvalue weighted by Gasteiger charge is 2.45. The van der Waals surface area contributed by atoms with Crippen LogP contribution in [0.3, 0.4) is 0 Å². The van der Waals surface area contributed by atoms with E-state index in [9.17, 15) is 5.26 Å². The number of rotatable bonds is 6. The number of benzene rings is 6. The van der Waals surface area contributed by atoms with Gasteiger partial charge < -0.3 is 0 Å². The second-order valence-electron chi connectivity index (χ2n) is 15.7. The number of hydrogen-bond donors (Lipinski definition) is 0. The van der Waals surface area contributed by atoms with Crippen molar-refractivity contribution in [3.8, 4) is 62.5 Å². The molecule has 0 radical (unpaired) electrons. The molecule has 1 aromatic heterocycles. The van der Waals surface area contributed by atoms with E-state index in [1.165, 1.54) is 37.7 Å². The summed E-state index contributed by atoms with van der Waals surface area (Å²) >= 11 is 0. The summed E-state index contributed by atoms with van der Waals surface area (Å²) in [5, 5.41) is 11.8. The highest BCUT2D eigenvalue weighted by atomic mass is 15.0. The SMILES string of the molecule is C[C@@H]1CC2C[C@H](C)CC(c3ccc(-c4nc(-c5cccc(-c6ccccc6)c5)nc(-c5cccc(-c6cccc7ccc(C#N)cc67)c5)n4)cc3)(C2)C1. The van der Waals surface area contributed by atoms with Crippen molar-refractivity contribution in [3.63, 3.8) is 0 Å². The summed E-state index contributed by atoms with van der Waals surface area (Å²) in [5.41, 5.74) is 9.61. The highest BCUT2D eigenvalue weighted by Crippen LogP contribution is 2.54. The maximum atomic E-state index is 9.64. The van der Waals surface area contributed by atoms with Crippen LogP contribution in [0, 0.1) is 29.1 Å². The van der Waals surface area contributed by atoms with Gasteiger partial charge in [-0.1, -0.05) is 129 Å². The van der Waals surface area contributed by atoms with Crippen LogP contribution in [-0.2, 0) is 5.41 Å². The van der Waals surface area contributed by atoms with Gasteiger partial charge in [0.2, 0.25) is 0 Å². The Morgan fingerprint density at radius 3 is 1.79 bits per heavy atom. The quantitative estimate of drug-likeness (QED) is 0.175. The largest absolute Gasteiger partial charge is 0.208 e. The van der Waals surface area contributed by atoms with E-state index in [2.05, 4.69) is 135 Å². The minimum absolute atomic E-state index is 0.266. The van der Waals surface area contributed by atoms with Crippen LogP contribution in [-0.4, -0.2) is 15.0 Å². The molecule has 0 spiro atoms. The van der Waals surface area contributed by atoms with Crippen LogP contribution in [0.15, 0.2) is 140 Å². The monoisotopic (exact) mass is 686 g/mol. The third-order valence-electron chi connectivity index (χ3n) is 11.7. The van der Waals surface area contributed by atoms with Gasteiger partial charge in [-0.3, -0.25) is 0 Å². The van der Waals surface area contributed by atoms with Gasteiger partial charge in [-0.25, -0.2) is 15.0 Å². The van der Waals surface area contributed by atoms with Gasteiger partial charge in [-0.05, 0) is 118 Å². The van der Waals surface area contributed by atoms with E-state index in [-0.39, 0.29) is 5.41 Å². The average molecular weight is 687 g/mol. The van der Waals surface area contributed by atoms with Crippen LogP contribution >= 0.6 is 0 Å². The Labute approximate surface area is 312 Å². The van der Waals surface area contributed by atoms with E-state index in [1.807, 2.05) is 24.3 Å². The molecule has 2 aliphatic rings. The first kappa shape index (κ1) is 33.0. The van der Waals surface area contributed by atoms with E-state index in [0.717, 1.165) is 67.5 Å². The molecule has 2 aliphatic carbocycles. The van der Waals surface area contributed by atoms with Crippen molar-refractivity contribution in [2.45, 2.75) is 51.4 Å². The summed E-state index contributed by atoms with van der Waals surface area (Å²) in [7, 11) is 0. The summed E-state index contributed by atoms with van der Waals surface area (Å²) in [6, 6.07) is 50.9. The molecule has 2 unspecified atom stereocenters. The molecule has 2 saturated carbocycles. The Kier molecular flexibility index (Phi) is 8.43.